The minimum atomic E-state index is -0.0557. The Balaban J connectivity index is 0.000000845. The molecular weight excluding hydrogens is 374 g/mol. The van der Waals surface area contributed by atoms with Gasteiger partial charge in [0.05, 0.1) is 18.3 Å². The summed E-state index contributed by atoms with van der Waals surface area (Å²) in [6, 6.07) is 0. The third kappa shape index (κ3) is 2.58. The van der Waals surface area contributed by atoms with Crippen LogP contribution in [0.25, 0.3) is 0 Å². The first kappa shape index (κ1) is 20.4. The Morgan fingerprint density at radius 1 is 1.00 bits per heavy atom. The number of aliphatic hydroxyl groups excluding tert-OH is 1. The summed E-state index contributed by atoms with van der Waals surface area (Å²) in [4.78, 5) is 0. The van der Waals surface area contributed by atoms with Crippen molar-refractivity contribution in [1.82, 2.24) is 0 Å². The van der Waals surface area contributed by atoms with Crippen LogP contribution in [0.2, 0.25) is 0 Å². The van der Waals surface area contributed by atoms with Gasteiger partial charge in [-0.3, -0.25) is 0 Å². The van der Waals surface area contributed by atoms with E-state index in [9.17, 15) is 5.11 Å². The van der Waals surface area contributed by atoms with Crippen LogP contribution >= 0.6 is 0 Å². The molecule has 0 aromatic rings. The summed E-state index contributed by atoms with van der Waals surface area (Å²) in [5, 5.41) is 10.1. The SMILES string of the molecule is [CH2-][C@]12CC[C@@H](O)C[C@H]1CC[C@@H]1[C@@H]2CC[C@@]2(C)[C@H]1CC[C@@]21CO1.[OH-].[Rb+]. The van der Waals surface area contributed by atoms with Crippen LogP contribution in [0.4, 0.5) is 0 Å². The van der Waals surface area contributed by atoms with Crippen LogP contribution in [0.5, 0.6) is 0 Å². The van der Waals surface area contributed by atoms with Gasteiger partial charge in [-0.15, -0.1) is 0 Å². The molecule has 4 aliphatic carbocycles. The molecule has 1 heterocycles. The molecule has 1 saturated heterocycles. The Kier molecular flexibility index (Phi) is 5.65. The number of rotatable bonds is 0. The van der Waals surface area contributed by atoms with Crippen molar-refractivity contribution in [2.75, 3.05) is 6.61 Å². The number of aliphatic hydroxyl groups is 1. The second-order valence-corrected chi connectivity index (χ2v) is 9.59. The quantitative estimate of drug-likeness (QED) is 0.479. The Bertz CT molecular complexity index is 493. The van der Waals surface area contributed by atoms with E-state index in [0.717, 1.165) is 43.6 Å². The number of fused-ring (bicyclic) bond motifs is 6. The summed E-state index contributed by atoms with van der Waals surface area (Å²) >= 11 is 0. The maximum atomic E-state index is 10.1. The van der Waals surface area contributed by atoms with Gasteiger partial charge in [-0.25, -0.2) is 0 Å². The molecule has 1 spiro atoms. The number of hydrogen-bond donors (Lipinski definition) is 1. The molecular formula is C20H32O3Rb-. The van der Waals surface area contributed by atoms with Crippen molar-refractivity contribution in [3.8, 4) is 0 Å². The predicted molar refractivity (Wildman–Crippen MR) is 88.0 cm³/mol. The molecule has 0 unspecified atom stereocenters. The molecule has 5 rings (SSSR count). The van der Waals surface area contributed by atoms with Gasteiger partial charge in [0.15, 0.2) is 0 Å². The van der Waals surface area contributed by atoms with Gasteiger partial charge in [-0.2, -0.15) is 5.41 Å². The van der Waals surface area contributed by atoms with Gasteiger partial charge in [-0.1, -0.05) is 38.0 Å². The molecule has 8 atom stereocenters. The van der Waals surface area contributed by atoms with E-state index < -0.39 is 0 Å². The molecule has 1 aliphatic heterocycles. The third-order valence-corrected chi connectivity index (χ3v) is 9.12. The Morgan fingerprint density at radius 3 is 2.42 bits per heavy atom. The first-order valence-corrected chi connectivity index (χ1v) is 9.66. The van der Waals surface area contributed by atoms with Crippen LogP contribution < -0.4 is 58.2 Å². The zero-order valence-electron chi connectivity index (χ0n) is 15.5. The molecule has 4 saturated carbocycles. The van der Waals surface area contributed by atoms with Crippen molar-refractivity contribution in [1.29, 1.82) is 0 Å². The topological polar surface area (TPSA) is 62.8 Å². The molecule has 5 aliphatic rings. The summed E-state index contributed by atoms with van der Waals surface area (Å²) in [7, 11) is 0. The zero-order chi connectivity index (χ0) is 15.2. The fraction of sp³-hybridized carbons (Fsp3) is 0.950. The fourth-order valence-electron chi connectivity index (χ4n) is 7.67. The number of epoxide rings is 1. The zero-order valence-corrected chi connectivity index (χ0v) is 20.4. The summed E-state index contributed by atoms with van der Waals surface area (Å²) in [5.41, 5.74) is 0.992. The molecule has 5 fully saturated rings. The molecule has 3 nitrogen and oxygen atoms in total. The van der Waals surface area contributed by atoms with Crippen LogP contribution in [0.15, 0.2) is 0 Å². The van der Waals surface area contributed by atoms with Gasteiger partial charge in [0.25, 0.3) is 0 Å². The van der Waals surface area contributed by atoms with Crippen molar-refractivity contribution < 1.29 is 73.5 Å². The van der Waals surface area contributed by atoms with E-state index in [1.807, 2.05) is 0 Å². The predicted octanol–water partition coefficient (Wildman–Crippen LogP) is 0.800. The van der Waals surface area contributed by atoms with E-state index >= 15 is 0 Å². The Labute approximate surface area is 195 Å². The minimum absolute atomic E-state index is 0. The molecule has 0 aromatic carbocycles. The van der Waals surface area contributed by atoms with E-state index in [0.29, 0.717) is 11.3 Å². The van der Waals surface area contributed by atoms with E-state index in [-0.39, 0.29) is 80.8 Å². The summed E-state index contributed by atoms with van der Waals surface area (Å²) in [6.45, 7) is 8.39. The van der Waals surface area contributed by atoms with Crippen molar-refractivity contribution in [2.24, 2.45) is 34.5 Å². The molecule has 24 heavy (non-hydrogen) atoms. The maximum absolute atomic E-state index is 10.1. The van der Waals surface area contributed by atoms with Crippen LogP contribution in [0, 0.1) is 41.4 Å². The normalized spacial score (nSPS) is 57.9. The van der Waals surface area contributed by atoms with Crippen LogP contribution in [-0.4, -0.2) is 28.9 Å². The second-order valence-electron chi connectivity index (χ2n) is 9.59. The average Bonchev–Trinajstić information content (AvgIpc) is 3.22. The van der Waals surface area contributed by atoms with Crippen molar-refractivity contribution in [3.63, 3.8) is 0 Å². The number of hydrogen-bond acceptors (Lipinski definition) is 3. The molecule has 4 heteroatoms. The van der Waals surface area contributed by atoms with Gasteiger partial charge in [0.1, 0.15) is 0 Å². The van der Waals surface area contributed by atoms with Gasteiger partial charge < -0.3 is 22.2 Å². The monoisotopic (exact) mass is 405 g/mol. The summed E-state index contributed by atoms with van der Waals surface area (Å²) < 4.78 is 6.01. The maximum Gasteiger partial charge on any atom is 1.00 e. The smallest absolute Gasteiger partial charge is 0.870 e. The molecule has 0 amide bonds. The van der Waals surface area contributed by atoms with E-state index in [1.165, 1.54) is 38.5 Å². The van der Waals surface area contributed by atoms with E-state index in [4.69, 9.17) is 11.7 Å². The van der Waals surface area contributed by atoms with Gasteiger partial charge in [0, 0.05) is 5.41 Å². The van der Waals surface area contributed by atoms with E-state index in [2.05, 4.69) is 6.92 Å². The van der Waals surface area contributed by atoms with Crippen LogP contribution in [0.3, 0.4) is 0 Å². The molecule has 0 bridgehead atoms. The Hall–Kier alpha value is 1.69. The third-order valence-electron chi connectivity index (χ3n) is 9.12. The standard InChI is InChI=1S/C20H31O2.H2O.Rb/c1-18-8-5-14(21)11-13(18)3-4-15-16(18)6-9-19(2)17(15)7-10-20(19)12-22-20;;/h13-17,21H,1,3-12H2,2H3;1H2;/q-1;;+1/p-1/t13-,14-,15-,16+,17+,18+,19+,20-;;/m1../s1. The largest absolute Gasteiger partial charge is 1.00 e. The van der Waals surface area contributed by atoms with Gasteiger partial charge in [-0.05, 0) is 50.4 Å². The number of ether oxygens (including phenoxy) is 1. The summed E-state index contributed by atoms with van der Waals surface area (Å²) in [6.07, 6.45) is 11.2. The van der Waals surface area contributed by atoms with Gasteiger partial charge >= 0.3 is 58.2 Å². The molecule has 0 radical (unpaired) electrons. The Morgan fingerprint density at radius 2 is 1.71 bits per heavy atom. The van der Waals surface area contributed by atoms with Gasteiger partial charge in [0.2, 0.25) is 0 Å². The second kappa shape index (κ2) is 6.63. The van der Waals surface area contributed by atoms with Crippen molar-refractivity contribution in [3.05, 3.63) is 6.92 Å². The molecule has 0 aromatic heterocycles. The van der Waals surface area contributed by atoms with Crippen LogP contribution in [-0.2, 0) is 4.74 Å². The first-order valence-electron chi connectivity index (χ1n) is 9.66. The average molecular weight is 406 g/mol. The van der Waals surface area contributed by atoms with Crippen molar-refractivity contribution in [2.45, 2.75) is 76.4 Å². The van der Waals surface area contributed by atoms with Crippen molar-refractivity contribution >= 4 is 0 Å². The van der Waals surface area contributed by atoms with E-state index in [1.54, 1.807) is 0 Å². The summed E-state index contributed by atoms with van der Waals surface area (Å²) in [5.74, 6) is 3.24. The fourth-order valence-corrected chi connectivity index (χ4v) is 7.67. The molecule has 2 N–H and O–H groups in total. The minimum Gasteiger partial charge on any atom is -0.870 e. The first-order chi connectivity index (χ1) is 10.5. The van der Waals surface area contributed by atoms with Crippen LogP contribution in [0.1, 0.15) is 64.7 Å². The molecule has 132 valence electrons.